The molecule has 1 unspecified atom stereocenters. The summed E-state index contributed by atoms with van der Waals surface area (Å²) in [7, 11) is 0. The molecule has 2 aromatic rings. The molecule has 0 heterocycles. The van der Waals surface area contributed by atoms with Crippen molar-refractivity contribution in [3.05, 3.63) is 59.0 Å². The van der Waals surface area contributed by atoms with Gasteiger partial charge in [0.1, 0.15) is 6.07 Å². The van der Waals surface area contributed by atoms with Gasteiger partial charge in [-0.3, -0.25) is 0 Å². The first-order valence-corrected chi connectivity index (χ1v) is 9.45. The first-order chi connectivity index (χ1) is 13.0. The number of fused-ring (bicyclic) bond motifs is 1. The van der Waals surface area contributed by atoms with Crippen molar-refractivity contribution in [2.45, 2.75) is 46.0 Å². The van der Waals surface area contributed by atoms with Crippen LogP contribution in [0.3, 0.4) is 0 Å². The van der Waals surface area contributed by atoms with E-state index >= 15 is 0 Å². The van der Waals surface area contributed by atoms with Gasteiger partial charge in [-0.1, -0.05) is 63.6 Å². The number of aryl methyl sites for hydroxylation is 1. The molecule has 140 valence electrons. The number of nitriles is 1. The van der Waals surface area contributed by atoms with Crippen LogP contribution in [-0.2, 0) is 6.42 Å². The number of allylic oxidation sites excluding steroid dienone is 1. The zero-order valence-corrected chi connectivity index (χ0v) is 16.4. The van der Waals surface area contributed by atoms with E-state index in [1.807, 2.05) is 6.07 Å². The second-order valence-electron chi connectivity index (χ2n) is 6.80. The van der Waals surface area contributed by atoms with Crippen LogP contribution in [0.1, 0.15) is 50.7 Å². The Morgan fingerprint density at radius 3 is 2.56 bits per heavy atom. The third kappa shape index (κ3) is 5.04. The summed E-state index contributed by atoms with van der Waals surface area (Å²) >= 11 is 0. The molecule has 0 saturated carbocycles. The molecule has 0 aliphatic heterocycles. The number of nitrogens with two attached hydrogens (primary N) is 1. The zero-order valence-electron chi connectivity index (χ0n) is 16.4. The molecule has 0 amide bonds. The van der Waals surface area contributed by atoms with Gasteiger partial charge in [0.15, 0.2) is 11.5 Å². The molecule has 2 N–H and O–H groups in total. The van der Waals surface area contributed by atoms with Gasteiger partial charge in [-0.15, -0.1) is 0 Å². The molecule has 0 aliphatic carbocycles. The van der Waals surface area contributed by atoms with E-state index in [4.69, 9.17) is 11.0 Å². The maximum atomic E-state index is 8.91. The molecule has 4 heteroatoms. The smallest absolute Gasteiger partial charge is 0.182 e. The van der Waals surface area contributed by atoms with Crippen molar-refractivity contribution in [1.29, 1.82) is 5.26 Å². The van der Waals surface area contributed by atoms with Gasteiger partial charge in [-0.25, -0.2) is 9.98 Å². The van der Waals surface area contributed by atoms with Gasteiger partial charge in [-0.2, -0.15) is 5.26 Å². The average molecular weight is 361 g/mol. The number of hydrogen-bond acceptors (Lipinski definition) is 4. The van der Waals surface area contributed by atoms with Crippen LogP contribution in [-0.4, -0.2) is 12.9 Å². The van der Waals surface area contributed by atoms with Crippen LogP contribution >= 0.6 is 0 Å². The van der Waals surface area contributed by atoms with E-state index in [0.29, 0.717) is 11.8 Å². The molecule has 4 nitrogen and oxygen atoms in total. The quantitative estimate of drug-likeness (QED) is 0.509. The second kappa shape index (κ2) is 9.68. The fourth-order valence-electron chi connectivity index (χ4n) is 3.33. The lowest BCUT2D eigenvalue weighted by atomic mass is 9.83. The molecule has 2 atom stereocenters. The predicted octanol–water partition coefficient (Wildman–Crippen LogP) is 5.34. The number of nitrogens with zero attached hydrogens (tertiary/aromatic N) is 3. The number of hydrogen-bond donors (Lipinski definition) is 1. The van der Waals surface area contributed by atoms with E-state index in [-0.39, 0.29) is 11.5 Å². The highest BCUT2D eigenvalue weighted by Gasteiger charge is 2.17. The van der Waals surface area contributed by atoms with Gasteiger partial charge >= 0.3 is 0 Å². The summed E-state index contributed by atoms with van der Waals surface area (Å²) in [6.45, 7) is 9.96. The monoisotopic (exact) mass is 360 g/mol. The summed E-state index contributed by atoms with van der Waals surface area (Å²) < 4.78 is 0. The summed E-state index contributed by atoms with van der Waals surface area (Å²) in [5, 5.41) is 11.5. The molecule has 2 aromatic carbocycles. The minimum atomic E-state index is 0.0633. The molecule has 0 aromatic heterocycles. The molecule has 0 spiro atoms. The van der Waals surface area contributed by atoms with Crippen LogP contribution in [0.5, 0.6) is 0 Å². The first kappa shape index (κ1) is 20.4. The van der Waals surface area contributed by atoms with E-state index in [0.717, 1.165) is 19.3 Å². The Bertz CT molecular complexity index is 902. The van der Waals surface area contributed by atoms with Gasteiger partial charge in [0.05, 0.1) is 0 Å². The fraction of sp³-hybridized carbons (Fsp3) is 0.348. The Balaban J connectivity index is 2.17. The fourth-order valence-corrected chi connectivity index (χ4v) is 3.33. The van der Waals surface area contributed by atoms with E-state index < -0.39 is 0 Å². The van der Waals surface area contributed by atoms with E-state index in [1.54, 1.807) is 6.21 Å². The average Bonchev–Trinajstić information content (AvgIpc) is 2.70. The largest absolute Gasteiger partial charge is 0.381 e. The summed E-state index contributed by atoms with van der Waals surface area (Å²) in [5.74, 6) is 0.957. The van der Waals surface area contributed by atoms with Gasteiger partial charge in [0.2, 0.25) is 0 Å². The van der Waals surface area contributed by atoms with Gasteiger partial charge < -0.3 is 5.73 Å². The Kier molecular flexibility index (Phi) is 7.31. The lowest BCUT2D eigenvalue weighted by molar-refractivity contribution is 0.450. The summed E-state index contributed by atoms with van der Waals surface area (Å²) in [4.78, 5) is 7.75. The predicted molar refractivity (Wildman–Crippen MR) is 115 cm³/mol. The first-order valence-electron chi connectivity index (χ1n) is 9.45. The summed E-state index contributed by atoms with van der Waals surface area (Å²) in [6.07, 6.45) is 4.67. The normalized spacial score (nSPS) is 14.6. The van der Waals surface area contributed by atoms with E-state index in [9.17, 15) is 0 Å². The minimum Gasteiger partial charge on any atom is -0.381 e. The van der Waals surface area contributed by atoms with Gasteiger partial charge in [-0.05, 0) is 53.3 Å². The van der Waals surface area contributed by atoms with Gasteiger partial charge in [0, 0.05) is 6.21 Å². The SMILES string of the molecule is C=N/C(C#N)=C(N)\N=C/CC(CC)[C@@H](C)c1ccc2cc(CC)ccc2c1. The van der Waals surface area contributed by atoms with Crippen molar-refractivity contribution in [2.75, 3.05) is 0 Å². The van der Waals surface area contributed by atoms with Crippen molar-refractivity contribution in [3.8, 4) is 6.07 Å². The van der Waals surface area contributed by atoms with Crippen LogP contribution < -0.4 is 5.73 Å². The number of aliphatic imine (C=N–C) groups is 2. The third-order valence-corrected chi connectivity index (χ3v) is 5.24. The molecular formula is C23H28N4. The topological polar surface area (TPSA) is 74.5 Å². The Morgan fingerprint density at radius 1 is 1.22 bits per heavy atom. The molecule has 2 rings (SSSR count). The molecule has 0 radical (unpaired) electrons. The maximum Gasteiger partial charge on any atom is 0.182 e. The third-order valence-electron chi connectivity index (χ3n) is 5.24. The van der Waals surface area contributed by atoms with Gasteiger partial charge in [0.25, 0.3) is 0 Å². The highest BCUT2D eigenvalue weighted by atomic mass is 14.9. The molecule has 0 saturated heterocycles. The minimum absolute atomic E-state index is 0.0633. The summed E-state index contributed by atoms with van der Waals surface area (Å²) in [6, 6.07) is 15.3. The molecular weight excluding hydrogens is 332 g/mol. The molecule has 27 heavy (non-hydrogen) atoms. The summed E-state index contributed by atoms with van der Waals surface area (Å²) in [5.41, 5.74) is 8.53. The van der Waals surface area contributed by atoms with E-state index in [2.05, 4.69) is 73.9 Å². The number of rotatable bonds is 8. The highest BCUT2D eigenvalue weighted by molar-refractivity contribution is 5.84. The lowest BCUT2D eigenvalue weighted by Crippen LogP contribution is -2.10. The van der Waals surface area contributed by atoms with Crippen LogP contribution in [0.2, 0.25) is 0 Å². The Morgan fingerprint density at radius 2 is 1.93 bits per heavy atom. The molecule has 0 aliphatic rings. The molecule has 0 bridgehead atoms. The Hall–Kier alpha value is -2.93. The van der Waals surface area contributed by atoms with Crippen molar-refractivity contribution < 1.29 is 0 Å². The maximum absolute atomic E-state index is 8.91. The lowest BCUT2D eigenvalue weighted by Gasteiger charge is -2.22. The van der Waals surface area contributed by atoms with Crippen molar-refractivity contribution in [1.82, 2.24) is 0 Å². The molecule has 0 fully saturated rings. The van der Waals surface area contributed by atoms with Crippen LogP contribution in [0.4, 0.5) is 0 Å². The van der Waals surface area contributed by atoms with Crippen molar-refractivity contribution >= 4 is 23.7 Å². The van der Waals surface area contributed by atoms with Crippen LogP contribution in [0, 0.1) is 17.2 Å². The Labute approximate surface area is 162 Å². The number of benzene rings is 2. The second-order valence-corrected chi connectivity index (χ2v) is 6.80. The highest BCUT2D eigenvalue weighted by Crippen LogP contribution is 2.31. The van der Waals surface area contributed by atoms with Crippen molar-refractivity contribution in [2.24, 2.45) is 21.6 Å². The standard InChI is InChI=1S/C23H28N4/c1-5-17-7-8-21-14-19(9-10-20(21)13-17)16(3)18(6-2)11-12-27-23(25)22(15-24)26-4/h7-10,12-14,16,18H,4-6,11,25H2,1-3H3/b23-22-,27-12-/t16-,18?/m1/s1. The van der Waals surface area contributed by atoms with Crippen molar-refractivity contribution in [3.63, 3.8) is 0 Å². The zero-order chi connectivity index (χ0) is 19.8. The van der Waals surface area contributed by atoms with E-state index in [1.165, 1.54) is 21.9 Å². The van der Waals surface area contributed by atoms with Crippen LogP contribution in [0.15, 0.2) is 57.9 Å². The van der Waals surface area contributed by atoms with Crippen LogP contribution in [0.25, 0.3) is 10.8 Å².